The molecule has 0 bridgehead atoms. The highest BCUT2D eigenvalue weighted by Gasteiger charge is 2.43. The first kappa shape index (κ1) is 13.1. The third kappa shape index (κ3) is 2.72. The monoisotopic (exact) mass is 317 g/mol. The molecular formula is C12H16BrNO2S. The van der Waals surface area contributed by atoms with E-state index in [2.05, 4.69) is 15.9 Å². The van der Waals surface area contributed by atoms with Crippen LogP contribution in [0.25, 0.3) is 0 Å². The lowest BCUT2D eigenvalue weighted by Gasteiger charge is -2.30. The number of halogens is 1. The van der Waals surface area contributed by atoms with Gasteiger partial charge in [0.1, 0.15) is 0 Å². The van der Waals surface area contributed by atoms with Gasteiger partial charge in [-0.05, 0) is 24.1 Å². The maximum atomic E-state index is 11.5. The van der Waals surface area contributed by atoms with Gasteiger partial charge in [0.05, 0.1) is 11.5 Å². The van der Waals surface area contributed by atoms with E-state index in [-0.39, 0.29) is 17.4 Å². The average Bonchev–Trinajstić information content (AvgIpc) is 2.54. The van der Waals surface area contributed by atoms with Crippen molar-refractivity contribution in [3.05, 3.63) is 34.3 Å². The van der Waals surface area contributed by atoms with Gasteiger partial charge in [-0.2, -0.15) is 0 Å². The summed E-state index contributed by atoms with van der Waals surface area (Å²) in [6, 6.07) is 7.90. The molecule has 1 aliphatic rings. The summed E-state index contributed by atoms with van der Waals surface area (Å²) in [4.78, 5) is 0. The zero-order valence-electron chi connectivity index (χ0n) is 9.69. The van der Waals surface area contributed by atoms with Crippen molar-refractivity contribution in [2.75, 3.05) is 11.5 Å². The van der Waals surface area contributed by atoms with Crippen LogP contribution in [-0.4, -0.2) is 25.5 Å². The second-order valence-electron chi connectivity index (χ2n) is 4.85. The Kier molecular flexibility index (Phi) is 3.36. The number of nitrogens with two attached hydrogens (primary N) is 1. The van der Waals surface area contributed by atoms with Crippen molar-refractivity contribution >= 4 is 25.8 Å². The summed E-state index contributed by atoms with van der Waals surface area (Å²) in [6.07, 6.45) is 0.548. The van der Waals surface area contributed by atoms with E-state index in [1.54, 1.807) is 0 Å². The van der Waals surface area contributed by atoms with E-state index in [9.17, 15) is 8.42 Å². The minimum Gasteiger partial charge on any atom is -0.324 e. The Balaban J connectivity index is 2.26. The van der Waals surface area contributed by atoms with Crippen LogP contribution < -0.4 is 5.73 Å². The second-order valence-corrected chi connectivity index (χ2v) is 7.95. The first-order valence-corrected chi connectivity index (χ1v) is 8.19. The molecule has 1 aromatic rings. The average molecular weight is 318 g/mol. The first-order valence-electron chi connectivity index (χ1n) is 5.57. The Morgan fingerprint density at radius 3 is 2.41 bits per heavy atom. The fourth-order valence-electron chi connectivity index (χ4n) is 2.32. The molecule has 2 rings (SSSR count). The minimum atomic E-state index is -2.95. The maximum absolute atomic E-state index is 11.5. The SMILES string of the molecule is CC(c1ccc(Br)cc1)C1(N)CCS(=O)(=O)C1. The first-order chi connectivity index (χ1) is 7.82. The summed E-state index contributed by atoms with van der Waals surface area (Å²) in [5.74, 6) is 0.356. The van der Waals surface area contributed by atoms with Crippen LogP contribution >= 0.6 is 15.9 Å². The van der Waals surface area contributed by atoms with Crippen LogP contribution in [0.5, 0.6) is 0 Å². The Morgan fingerprint density at radius 2 is 1.94 bits per heavy atom. The van der Waals surface area contributed by atoms with Gasteiger partial charge in [-0.3, -0.25) is 0 Å². The van der Waals surface area contributed by atoms with Crippen LogP contribution in [0, 0.1) is 0 Å². The topological polar surface area (TPSA) is 60.2 Å². The molecule has 1 aliphatic heterocycles. The summed E-state index contributed by atoms with van der Waals surface area (Å²) in [5, 5.41) is 0. The normalized spacial score (nSPS) is 29.1. The molecule has 94 valence electrons. The second kappa shape index (κ2) is 4.37. The Hall–Kier alpha value is -0.390. The lowest BCUT2D eigenvalue weighted by Crippen LogP contribution is -2.45. The molecule has 17 heavy (non-hydrogen) atoms. The van der Waals surface area contributed by atoms with Crippen molar-refractivity contribution in [1.82, 2.24) is 0 Å². The molecule has 2 atom stereocenters. The smallest absolute Gasteiger partial charge is 0.152 e. The maximum Gasteiger partial charge on any atom is 0.152 e. The predicted molar refractivity (Wildman–Crippen MR) is 72.7 cm³/mol. The fourth-order valence-corrected chi connectivity index (χ4v) is 4.64. The lowest BCUT2D eigenvalue weighted by molar-refractivity contribution is 0.405. The third-order valence-corrected chi connectivity index (χ3v) is 5.93. The van der Waals surface area contributed by atoms with Gasteiger partial charge >= 0.3 is 0 Å². The Labute approximate surface area is 110 Å². The van der Waals surface area contributed by atoms with E-state index in [0.717, 1.165) is 10.0 Å². The fraction of sp³-hybridized carbons (Fsp3) is 0.500. The zero-order valence-corrected chi connectivity index (χ0v) is 12.1. The van der Waals surface area contributed by atoms with Crippen LogP contribution in [-0.2, 0) is 9.84 Å². The lowest BCUT2D eigenvalue weighted by atomic mass is 9.81. The van der Waals surface area contributed by atoms with Crippen LogP contribution in [0.3, 0.4) is 0 Å². The predicted octanol–water partition coefficient (Wildman–Crippen LogP) is 2.07. The molecule has 2 N–H and O–H groups in total. The molecule has 1 heterocycles. The molecule has 0 amide bonds. The van der Waals surface area contributed by atoms with Crippen molar-refractivity contribution in [2.24, 2.45) is 5.73 Å². The van der Waals surface area contributed by atoms with Gasteiger partial charge in [0.15, 0.2) is 9.84 Å². The molecule has 1 aromatic carbocycles. The van der Waals surface area contributed by atoms with Crippen molar-refractivity contribution in [1.29, 1.82) is 0 Å². The van der Waals surface area contributed by atoms with Crippen LogP contribution in [0.2, 0.25) is 0 Å². The molecule has 0 aliphatic carbocycles. The van der Waals surface area contributed by atoms with Gasteiger partial charge < -0.3 is 5.73 Å². The van der Waals surface area contributed by atoms with E-state index < -0.39 is 15.4 Å². The van der Waals surface area contributed by atoms with E-state index in [0.29, 0.717) is 6.42 Å². The summed E-state index contributed by atoms with van der Waals surface area (Å²) in [5.41, 5.74) is 6.73. The zero-order chi connectivity index (χ0) is 12.7. The number of hydrogen-bond donors (Lipinski definition) is 1. The van der Waals surface area contributed by atoms with Crippen molar-refractivity contribution in [3.63, 3.8) is 0 Å². The minimum absolute atomic E-state index is 0.0490. The van der Waals surface area contributed by atoms with E-state index >= 15 is 0 Å². The third-order valence-electron chi connectivity index (χ3n) is 3.60. The van der Waals surface area contributed by atoms with Gasteiger partial charge in [-0.1, -0.05) is 35.0 Å². The molecule has 0 radical (unpaired) electrons. The molecule has 5 heteroatoms. The summed E-state index contributed by atoms with van der Waals surface area (Å²) < 4.78 is 24.1. The van der Waals surface area contributed by atoms with Gasteiger partial charge in [0.25, 0.3) is 0 Å². The molecule has 1 saturated heterocycles. The van der Waals surface area contributed by atoms with Crippen LogP contribution in [0.4, 0.5) is 0 Å². The van der Waals surface area contributed by atoms with Gasteiger partial charge in [0, 0.05) is 15.9 Å². The van der Waals surface area contributed by atoms with Crippen LogP contribution in [0.1, 0.15) is 24.8 Å². The summed E-state index contributed by atoms with van der Waals surface area (Å²) in [6.45, 7) is 2.00. The van der Waals surface area contributed by atoms with Crippen molar-refractivity contribution in [2.45, 2.75) is 24.8 Å². The molecule has 0 saturated carbocycles. The van der Waals surface area contributed by atoms with Gasteiger partial charge in [-0.25, -0.2) is 8.42 Å². The molecule has 3 nitrogen and oxygen atoms in total. The summed E-state index contributed by atoms with van der Waals surface area (Å²) >= 11 is 3.38. The largest absolute Gasteiger partial charge is 0.324 e. The highest BCUT2D eigenvalue weighted by Crippen LogP contribution is 2.35. The number of hydrogen-bond acceptors (Lipinski definition) is 3. The van der Waals surface area contributed by atoms with Gasteiger partial charge in [-0.15, -0.1) is 0 Å². The number of benzene rings is 1. The molecular weight excluding hydrogens is 302 g/mol. The van der Waals surface area contributed by atoms with Crippen molar-refractivity contribution < 1.29 is 8.42 Å². The highest BCUT2D eigenvalue weighted by molar-refractivity contribution is 9.10. The van der Waals surface area contributed by atoms with E-state index in [4.69, 9.17) is 5.73 Å². The molecule has 0 aromatic heterocycles. The van der Waals surface area contributed by atoms with Gasteiger partial charge in [0.2, 0.25) is 0 Å². The van der Waals surface area contributed by atoms with E-state index in [1.165, 1.54) is 0 Å². The highest BCUT2D eigenvalue weighted by atomic mass is 79.9. The van der Waals surface area contributed by atoms with E-state index in [1.807, 2.05) is 31.2 Å². The Bertz CT molecular complexity index is 512. The quantitative estimate of drug-likeness (QED) is 0.908. The van der Waals surface area contributed by atoms with Crippen molar-refractivity contribution in [3.8, 4) is 0 Å². The number of sulfone groups is 1. The number of rotatable bonds is 2. The summed E-state index contributed by atoms with van der Waals surface area (Å²) in [7, 11) is -2.95. The molecule has 1 fully saturated rings. The van der Waals surface area contributed by atoms with Crippen LogP contribution in [0.15, 0.2) is 28.7 Å². The standard InChI is InChI=1S/C12H16BrNO2S/c1-9(10-2-4-11(13)5-3-10)12(14)6-7-17(15,16)8-12/h2-5,9H,6-8,14H2,1H3. The molecule has 2 unspecified atom stereocenters. The molecule has 0 spiro atoms. The Morgan fingerprint density at radius 1 is 1.35 bits per heavy atom.